The van der Waals surface area contributed by atoms with Crippen molar-refractivity contribution in [1.29, 1.82) is 0 Å². The molecule has 2 aromatic rings. The number of primary amides is 2. The fourth-order valence-corrected chi connectivity index (χ4v) is 5.54. The Balaban J connectivity index is 1.53. The molecule has 1 fully saturated rings. The van der Waals surface area contributed by atoms with Crippen LogP contribution in [0, 0.1) is 0 Å². The van der Waals surface area contributed by atoms with Crippen LogP contribution >= 0.6 is 11.3 Å². The van der Waals surface area contributed by atoms with Gasteiger partial charge < -0.3 is 11.5 Å². The third-order valence-electron chi connectivity index (χ3n) is 5.33. The van der Waals surface area contributed by atoms with Gasteiger partial charge in [-0.25, -0.2) is 9.80 Å². The molecule has 0 saturated carbocycles. The Morgan fingerprint density at radius 2 is 2.04 bits per heavy atom. The first-order valence-corrected chi connectivity index (χ1v) is 9.91. The van der Waals surface area contributed by atoms with E-state index in [0.717, 1.165) is 42.8 Å². The van der Waals surface area contributed by atoms with E-state index in [2.05, 4.69) is 40.0 Å². The second-order valence-corrected chi connectivity index (χ2v) is 8.12. The summed E-state index contributed by atoms with van der Waals surface area (Å²) in [5.74, 6) is -0.224. The van der Waals surface area contributed by atoms with E-state index < -0.39 is 11.9 Å². The summed E-state index contributed by atoms with van der Waals surface area (Å²) in [7, 11) is 0. The summed E-state index contributed by atoms with van der Waals surface area (Å²) < 4.78 is 0. The molecule has 1 aliphatic heterocycles. The van der Waals surface area contributed by atoms with Gasteiger partial charge in [-0.15, -0.1) is 11.3 Å². The molecule has 2 heterocycles. The van der Waals surface area contributed by atoms with Gasteiger partial charge in [0.15, 0.2) is 0 Å². The highest BCUT2D eigenvalue weighted by Crippen LogP contribution is 2.45. The van der Waals surface area contributed by atoms with Crippen molar-refractivity contribution >= 4 is 28.3 Å². The smallest absolute Gasteiger partial charge is 0.317 e. The molecule has 6 N–H and O–H groups in total. The van der Waals surface area contributed by atoms with Crippen LogP contribution in [0.3, 0.4) is 0 Å². The van der Waals surface area contributed by atoms with Gasteiger partial charge in [0.25, 0.3) is 5.91 Å². The van der Waals surface area contributed by atoms with Gasteiger partial charge in [-0.1, -0.05) is 30.3 Å². The van der Waals surface area contributed by atoms with Gasteiger partial charge >= 0.3 is 6.03 Å². The van der Waals surface area contributed by atoms with Gasteiger partial charge in [0.1, 0.15) is 5.00 Å². The van der Waals surface area contributed by atoms with E-state index in [1.54, 1.807) is 0 Å². The first-order chi connectivity index (χ1) is 13.0. The van der Waals surface area contributed by atoms with Crippen molar-refractivity contribution in [3.05, 3.63) is 51.9 Å². The maximum atomic E-state index is 12.0. The molecule has 0 spiro atoms. The number of rotatable bonds is 5. The predicted octanol–water partition coefficient (Wildman–Crippen LogP) is 1.80. The number of nitrogens with one attached hydrogen (secondary N) is 2. The summed E-state index contributed by atoms with van der Waals surface area (Å²) in [5.41, 5.74) is 17.2. The lowest BCUT2D eigenvalue weighted by atomic mass is 9.84. The van der Waals surface area contributed by atoms with Crippen LogP contribution in [0.5, 0.6) is 0 Å². The number of amides is 3. The van der Waals surface area contributed by atoms with Gasteiger partial charge in [0.2, 0.25) is 0 Å². The lowest BCUT2D eigenvalue weighted by Gasteiger charge is -2.24. The monoisotopic (exact) mass is 385 g/mol. The first kappa shape index (κ1) is 18.0. The number of nitrogens with two attached hydrogens (primary N) is 2. The van der Waals surface area contributed by atoms with Crippen LogP contribution in [-0.2, 0) is 12.8 Å². The molecule has 4 rings (SSSR count). The average Bonchev–Trinajstić information content (AvgIpc) is 3.20. The standard InChI is InChI=1S/C19H23N5O2S/c20-17(25)15-12-6-7-14-13(16(12)27-18(15)22-19(21)26)10-24(23-14)9-8-11-4-2-1-3-5-11/h1-5,13-14,23H,6-10H2,(H2,20,25)(H3,21,22,26). The van der Waals surface area contributed by atoms with Crippen LogP contribution in [0.25, 0.3) is 0 Å². The van der Waals surface area contributed by atoms with Crippen molar-refractivity contribution in [3.63, 3.8) is 0 Å². The maximum absolute atomic E-state index is 12.0. The molecule has 0 bridgehead atoms. The Bertz CT molecular complexity index is 866. The molecule has 2 atom stereocenters. The zero-order valence-corrected chi connectivity index (χ0v) is 15.7. The second-order valence-electron chi connectivity index (χ2n) is 7.06. The highest BCUT2D eigenvalue weighted by molar-refractivity contribution is 7.17. The largest absolute Gasteiger partial charge is 0.365 e. The van der Waals surface area contributed by atoms with Crippen molar-refractivity contribution in [3.8, 4) is 0 Å². The molecule has 3 amide bonds. The molecule has 1 saturated heterocycles. The molecule has 27 heavy (non-hydrogen) atoms. The Morgan fingerprint density at radius 1 is 1.26 bits per heavy atom. The molecule has 7 nitrogen and oxygen atoms in total. The maximum Gasteiger partial charge on any atom is 0.317 e. The van der Waals surface area contributed by atoms with E-state index >= 15 is 0 Å². The Labute approximate surface area is 161 Å². The van der Waals surface area contributed by atoms with E-state index in [4.69, 9.17) is 11.5 Å². The normalized spacial score (nSPS) is 21.5. The first-order valence-electron chi connectivity index (χ1n) is 9.09. The number of hydrogen-bond acceptors (Lipinski definition) is 5. The molecule has 0 radical (unpaired) electrons. The Kier molecular flexibility index (Phi) is 4.86. The number of hydrazine groups is 1. The third kappa shape index (κ3) is 3.55. The zero-order valence-electron chi connectivity index (χ0n) is 14.9. The number of thiophene rings is 1. The second kappa shape index (κ2) is 7.30. The SMILES string of the molecule is NC(=O)Nc1sc2c(c1C(N)=O)CCC1NN(CCc3ccccc3)CC21. The molecule has 1 aromatic heterocycles. The van der Waals surface area contributed by atoms with E-state index in [-0.39, 0.29) is 5.92 Å². The number of carbonyl (C=O) groups excluding carboxylic acids is 2. The van der Waals surface area contributed by atoms with Crippen LogP contribution in [-0.4, -0.2) is 36.1 Å². The van der Waals surface area contributed by atoms with E-state index in [1.807, 2.05) is 6.07 Å². The Morgan fingerprint density at radius 3 is 2.74 bits per heavy atom. The number of anilines is 1. The molecule has 8 heteroatoms. The molecule has 142 valence electrons. The van der Waals surface area contributed by atoms with E-state index in [0.29, 0.717) is 16.6 Å². The van der Waals surface area contributed by atoms with Crippen molar-refractivity contribution in [1.82, 2.24) is 10.4 Å². The third-order valence-corrected chi connectivity index (χ3v) is 6.61. The van der Waals surface area contributed by atoms with Gasteiger partial charge in [-0.2, -0.15) is 0 Å². The number of hydrogen-bond donors (Lipinski definition) is 4. The molecule has 1 aromatic carbocycles. The summed E-state index contributed by atoms with van der Waals surface area (Å²) in [6.07, 6.45) is 2.68. The topological polar surface area (TPSA) is 113 Å². The fraction of sp³-hybridized carbons (Fsp3) is 0.368. The number of benzene rings is 1. The summed E-state index contributed by atoms with van der Waals surface area (Å²) in [6, 6.07) is 10.1. The van der Waals surface area contributed by atoms with E-state index in [1.165, 1.54) is 16.9 Å². The predicted molar refractivity (Wildman–Crippen MR) is 106 cm³/mol. The number of urea groups is 1. The van der Waals surface area contributed by atoms with Crippen LogP contribution in [0.15, 0.2) is 30.3 Å². The summed E-state index contributed by atoms with van der Waals surface area (Å²) in [4.78, 5) is 24.4. The average molecular weight is 385 g/mol. The highest BCUT2D eigenvalue weighted by atomic mass is 32.1. The van der Waals surface area contributed by atoms with Gasteiger partial charge in [0.05, 0.1) is 5.56 Å². The quantitative estimate of drug-likeness (QED) is 0.628. The van der Waals surface area contributed by atoms with Crippen molar-refractivity contribution in [2.75, 3.05) is 18.4 Å². The van der Waals surface area contributed by atoms with Crippen LogP contribution in [0.2, 0.25) is 0 Å². The van der Waals surface area contributed by atoms with Crippen LogP contribution in [0.4, 0.5) is 9.80 Å². The summed E-state index contributed by atoms with van der Waals surface area (Å²) >= 11 is 1.43. The van der Waals surface area contributed by atoms with Crippen LogP contribution < -0.4 is 22.2 Å². The number of fused-ring (bicyclic) bond motifs is 3. The van der Waals surface area contributed by atoms with Gasteiger partial charge in [-0.05, 0) is 30.4 Å². The van der Waals surface area contributed by atoms with Gasteiger partial charge in [0, 0.05) is 29.9 Å². The van der Waals surface area contributed by atoms with Crippen LogP contribution in [0.1, 0.15) is 38.7 Å². The summed E-state index contributed by atoms with van der Waals surface area (Å²) in [5, 5.41) is 5.31. The zero-order chi connectivity index (χ0) is 19.0. The fourth-order valence-electron chi connectivity index (χ4n) is 4.13. The molecular formula is C19H23N5O2S. The lowest BCUT2D eigenvalue weighted by molar-refractivity contribution is 0.100. The number of nitrogens with zero attached hydrogens (tertiary/aromatic N) is 1. The Hall–Kier alpha value is -2.42. The molecule has 1 aliphatic carbocycles. The van der Waals surface area contributed by atoms with Crippen molar-refractivity contribution in [2.24, 2.45) is 11.5 Å². The number of carbonyl (C=O) groups is 2. The molecule has 2 unspecified atom stereocenters. The summed E-state index contributed by atoms with van der Waals surface area (Å²) in [6.45, 7) is 1.80. The van der Waals surface area contributed by atoms with Crippen molar-refractivity contribution < 1.29 is 9.59 Å². The molecule has 2 aliphatic rings. The minimum absolute atomic E-state index is 0.288. The lowest BCUT2D eigenvalue weighted by Crippen LogP contribution is -2.38. The minimum Gasteiger partial charge on any atom is -0.365 e. The van der Waals surface area contributed by atoms with Gasteiger partial charge in [-0.3, -0.25) is 15.5 Å². The highest BCUT2D eigenvalue weighted by Gasteiger charge is 2.40. The minimum atomic E-state index is -0.679. The van der Waals surface area contributed by atoms with E-state index in [9.17, 15) is 9.59 Å². The van der Waals surface area contributed by atoms with Crippen molar-refractivity contribution in [2.45, 2.75) is 31.2 Å². The molecular weight excluding hydrogens is 362 g/mol.